The van der Waals surface area contributed by atoms with Crippen LogP contribution in [0.2, 0.25) is 0 Å². The van der Waals surface area contributed by atoms with E-state index in [1.807, 2.05) is 27.7 Å². The summed E-state index contributed by atoms with van der Waals surface area (Å²) < 4.78 is 37.3. The van der Waals surface area contributed by atoms with Crippen LogP contribution in [-0.2, 0) is 23.9 Å². The van der Waals surface area contributed by atoms with E-state index < -0.39 is 46.8 Å². The van der Waals surface area contributed by atoms with Crippen molar-refractivity contribution in [3.05, 3.63) is 12.4 Å². The molecule has 2 aliphatic heterocycles. The highest BCUT2D eigenvalue weighted by atomic mass is 32.2. The number of hydrogen-bond donors (Lipinski definition) is 2. The maximum absolute atomic E-state index is 12.7. The first-order valence-electron chi connectivity index (χ1n) is 9.84. The topological polar surface area (TPSA) is 139 Å². The molecule has 0 aromatic carbocycles. The highest BCUT2D eigenvalue weighted by Crippen LogP contribution is 2.36. The van der Waals surface area contributed by atoms with Crippen LogP contribution >= 0.6 is 0 Å². The predicted octanol–water partition coefficient (Wildman–Crippen LogP) is -1.25. The predicted molar refractivity (Wildman–Crippen MR) is 108 cm³/mol. The van der Waals surface area contributed by atoms with E-state index >= 15 is 0 Å². The lowest BCUT2D eigenvalue weighted by Gasteiger charge is -2.32. The Morgan fingerprint density at radius 2 is 1.83 bits per heavy atom. The molecule has 0 radical (unpaired) electrons. The minimum atomic E-state index is -3.76. The summed E-state index contributed by atoms with van der Waals surface area (Å²) in [5.41, 5.74) is -0.529. The maximum Gasteiger partial charge on any atom is 0.498 e. The fraction of sp³-hybridized carbons (Fsp3) is 0.722. The van der Waals surface area contributed by atoms with Gasteiger partial charge in [0.05, 0.1) is 23.6 Å². The largest absolute Gasteiger partial charge is 0.498 e. The van der Waals surface area contributed by atoms with Crippen LogP contribution < -0.4 is 5.46 Å². The van der Waals surface area contributed by atoms with E-state index in [1.54, 1.807) is 0 Å². The monoisotopic (exact) mass is 441 g/mol. The summed E-state index contributed by atoms with van der Waals surface area (Å²) in [6.07, 6.45) is 1.79. The Kier molecular flexibility index (Phi) is 6.27. The van der Waals surface area contributed by atoms with Crippen LogP contribution in [0.5, 0.6) is 0 Å². The van der Waals surface area contributed by atoms with E-state index in [0.29, 0.717) is 18.4 Å². The summed E-state index contributed by atoms with van der Waals surface area (Å²) >= 11 is 0. The van der Waals surface area contributed by atoms with E-state index in [2.05, 4.69) is 9.97 Å². The zero-order valence-electron chi connectivity index (χ0n) is 17.6. The van der Waals surface area contributed by atoms with Crippen LogP contribution in [0.15, 0.2) is 17.6 Å². The summed E-state index contributed by atoms with van der Waals surface area (Å²) in [7, 11) is -4.44. The van der Waals surface area contributed by atoms with Gasteiger partial charge in [-0.1, -0.05) is 0 Å². The lowest BCUT2D eigenvalue weighted by atomic mass is 9.81. The van der Waals surface area contributed by atoms with Crippen LogP contribution in [0.4, 0.5) is 0 Å². The third-order valence-corrected chi connectivity index (χ3v) is 7.64. The van der Waals surface area contributed by atoms with E-state index in [4.69, 9.17) is 14.4 Å². The summed E-state index contributed by atoms with van der Waals surface area (Å²) in [5, 5.41) is 18.1. The fourth-order valence-electron chi connectivity index (χ4n) is 3.43. The van der Waals surface area contributed by atoms with Crippen LogP contribution in [0.25, 0.3) is 0 Å². The van der Waals surface area contributed by atoms with Gasteiger partial charge in [0.25, 0.3) is 5.91 Å². The number of rotatable bonds is 6. The van der Waals surface area contributed by atoms with Crippen molar-refractivity contribution >= 4 is 28.3 Å². The van der Waals surface area contributed by atoms with E-state index in [-0.39, 0.29) is 23.4 Å². The number of sulfone groups is 1. The van der Waals surface area contributed by atoms with Gasteiger partial charge >= 0.3 is 7.12 Å². The molecule has 30 heavy (non-hydrogen) atoms. The Labute approximate surface area is 176 Å². The SMILES string of the molecule is CC1(C)OB(c2cnc(S(=O)(=O)C[C@H]3CCN(C(=O)[C@@H](O)CO)C3)nc2)OC1(C)C. The number of carbonyl (C=O) groups is 1. The van der Waals surface area contributed by atoms with Crippen LogP contribution in [0.1, 0.15) is 34.1 Å². The number of amides is 1. The average Bonchev–Trinajstić information content (AvgIpc) is 3.21. The molecule has 12 heteroatoms. The standard InChI is InChI=1S/C18H28BN3O7S/c1-17(2)18(3,4)29-19(28-17)13-7-20-16(21-8-13)30(26,27)11-12-5-6-22(9-12)15(25)14(24)10-23/h7-8,12,14,23-24H,5-6,9-11H2,1-4H3/t12-,14-/m0/s1. The molecule has 2 N–H and O–H groups in total. The molecule has 0 spiro atoms. The summed E-state index contributed by atoms with van der Waals surface area (Å²) in [5.74, 6) is -1.10. The van der Waals surface area contributed by atoms with Crippen molar-refractivity contribution in [3.63, 3.8) is 0 Å². The molecular weight excluding hydrogens is 413 g/mol. The highest BCUT2D eigenvalue weighted by molar-refractivity contribution is 7.91. The maximum atomic E-state index is 12.7. The lowest BCUT2D eigenvalue weighted by molar-refractivity contribution is -0.141. The molecule has 2 aliphatic rings. The van der Waals surface area contributed by atoms with Gasteiger partial charge in [0.15, 0.2) is 6.10 Å². The molecule has 2 saturated heterocycles. The Bertz CT molecular complexity index is 876. The van der Waals surface area contributed by atoms with E-state index in [0.717, 1.165) is 0 Å². The third kappa shape index (κ3) is 4.52. The zero-order chi connectivity index (χ0) is 22.3. The molecule has 1 aromatic rings. The normalized spacial score (nSPS) is 24.3. The molecule has 0 unspecified atom stereocenters. The zero-order valence-corrected chi connectivity index (χ0v) is 18.4. The van der Waals surface area contributed by atoms with Gasteiger partial charge in [-0.3, -0.25) is 4.79 Å². The molecule has 1 amide bonds. The number of nitrogens with zero attached hydrogens (tertiary/aromatic N) is 3. The second-order valence-electron chi connectivity index (χ2n) is 8.81. The molecule has 2 fully saturated rings. The van der Waals surface area contributed by atoms with Crippen LogP contribution in [0, 0.1) is 5.92 Å². The second kappa shape index (κ2) is 8.15. The quantitative estimate of drug-likeness (QED) is 0.410. The van der Waals surface area contributed by atoms with Gasteiger partial charge in [-0.05, 0) is 40.0 Å². The average molecular weight is 441 g/mol. The van der Waals surface area contributed by atoms with Gasteiger partial charge in [-0.25, -0.2) is 18.4 Å². The molecule has 166 valence electrons. The van der Waals surface area contributed by atoms with Gasteiger partial charge < -0.3 is 24.4 Å². The number of carbonyl (C=O) groups excluding carboxylic acids is 1. The van der Waals surface area contributed by atoms with Crippen LogP contribution in [0.3, 0.4) is 0 Å². The summed E-state index contributed by atoms with van der Waals surface area (Å²) in [6, 6.07) is 0. The second-order valence-corrected chi connectivity index (χ2v) is 10.7. The number of aliphatic hydroxyl groups is 2. The molecule has 2 atom stereocenters. The summed E-state index contributed by atoms with van der Waals surface area (Å²) in [4.78, 5) is 21.3. The minimum absolute atomic E-state index is 0.196. The molecule has 0 aliphatic carbocycles. The number of hydrogen-bond acceptors (Lipinski definition) is 9. The Morgan fingerprint density at radius 3 is 2.37 bits per heavy atom. The van der Waals surface area contributed by atoms with Gasteiger partial charge in [-0.2, -0.15) is 0 Å². The first-order valence-corrected chi connectivity index (χ1v) is 11.5. The molecular formula is C18H28BN3O7S. The molecule has 3 rings (SSSR count). The van der Waals surface area contributed by atoms with Crippen molar-refractivity contribution in [2.45, 2.75) is 56.6 Å². The Balaban J connectivity index is 1.64. The smallest absolute Gasteiger partial charge is 0.399 e. The molecule has 10 nitrogen and oxygen atoms in total. The van der Waals surface area contributed by atoms with Gasteiger partial charge in [0.1, 0.15) is 0 Å². The van der Waals surface area contributed by atoms with Crippen molar-refractivity contribution < 1.29 is 32.7 Å². The first-order chi connectivity index (χ1) is 13.9. The van der Waals surface area contributed by atoms with Crippen molar-refractivity contribution in [2.75, 3.05) is 25.4 Å². The lowest BCUT2D eigenvalue weighted by Crippen LogP contribution is -2.41. The molecule has 3 heterocycles. The minimum Gasteiger partial charge on any atom is -0.399 e. The molecule has 0 saturated carbocycles. The van der Waals surface area contributed by atoms with E-state index in [9.17, 15) is 18.3 Å². The molecule has 1 aromatic heterocycles. The van der Waals surface area contributed by atoms with Gasteiger partial charge in [0, 0.05) is 30.9 Å². The number of aliphatic hydroxyl groups excluding tert-OH is 2. The van der Waals surface area contributed by atoms with Crippen molar-refractivity contribution in [2.24, 2.45) is 5.92 Å². The molecule has 0 bridgehead atoms. The Morgan fingerprint density at radius 1 is 1.27 bits per heavy atom. The number of aromatic nitrogens is 2. The van der Waals surface area contributed by atoms with Crippen molar-refractivity contribution in [1.82, 2.24) is 14.9 Å². The van der Waals surface area contributed by atoms with Gasteiger partial charge in [0.2, 0.25) is 15.0 Å². The number of likely N-dealkylation sites (tertiary alicyclic amines) is 1. The highest BCUT2D eigenvalue weighted by Gasteiger charge is 2.52. The third-order valence-electron chi connectivity index (χ3n) is 5.96. The van der Waals surface area contributed by atoms with Crippen LogP contribution in [-0.4, -0.2) is 89.3 Å². The first kappa shape index (κ1) is 23.1. The van der Waals surface area contributed by atoms with E-state index in [1.165, 1.54) is 17.3 Å². The van der Waals surface area contributed by atoms with Crippen molar-refractivity contribution in [1.29, 1.82) is 0 Å². The van der Waals surface area contributed by atoms with Crippen molar-refractivity contribution in [3.8, 4) is 0 Å². The van der Waals surface area contributed by atoms with Gasteiger partial charge in [-0.15, -0.1) is 0 Å². The Hall–Kier alpha value is -1.60. The fourth-order valence-corrected chi connectivity index (χ4v) is 4.90. The summed E-state index contributed by atoms with van der Waals surface area (Å²) in [6.45, 7) is 7.54.